The first-order valence-corrected chi connectivity index (χ1v) is 11.1. The molecule has 0 fully saturated rings. The largest absolute Gasteiger partial charge is 0.493 e. The van der Waals surface area contributed by atoms with E-state index in [0.29, 0.717) is 28.2 Å². The standard InChI is InChI=1S/C26H24F3N5O3/c1-14(30)18(12-31-2)19-9-20-15(11-32-19)13-33(26(35)34(20)17-7-5-16(27)6-8-17)25-23(28)21(36-3)10-22(37-4)24(25)29/h5-12H,13,30H2,1-4H3. The van der Waals surface area contributed by atoms with Crippen LogP contribution in [0.15, 0.2) is 53.3 Å². The van der Waals surface area contributed by atoms with Crippen molar-refractivity contribution in [3.05, 3.63) is 77.0 Å². The molecule has 0 saturated heterocycles. The molecule has 0 atom stereocenters. The van der Waals surface area contributed by atoms with Crippen LogP contribution in [-0.2, 0) is 6.54 Å². The lowest BCUT2D eigenvalue weighted by Crippen LogP contribution is -2.46. The topological polar surface area (TPSA) is 93.3 Å². The molecule has 1 aromatic heterocycles. The number of rotatable bonds is 6. The van der Waals surface area contributed by atoms with Crippen LogP contribution in [0, 0.1) is 17.5 Å². The van der Waals surface area contributed by atoms with E-state index in [1.807, 2.05) is 0 Å². The van der Waals surface area contributed by atoms with Crippen LogP contribution in [0.1, 0.15) is 18.2 Å². The average molecular weight is 512 g/mol. The average Bonchev–Trinajstić information content (AvgIpc) is 2.88. The van der Waals surface area contributed by atoms with E-state index in [9.17, 15) is 9.18 Å². The minimum absolute atomic E-state index is 0.216. The Morgan fingerprint density at radius 3 is 2.24 bits per heavy atom. The van der Waals surface area contributed by atoms with Crippen molar-refractivity contribution in [1.29, 1.82) is 0 Å². The van der Waals surface area contributed by atoms with Gasteiger partial charge in [-0.2, -0.15) is 0 Å². The number of carbonyl (C=O) groups excluding carboxylic acids is 1. The number of aromatic nitrogens is 1. The number of methoxy groups -OCH3 is 2. The monoisotopic (exact) mass is 511 g/mol. The third-order valence-corrected chi connectivity index (χ3v) is 5.82. The molecule has 192 valence electrons. The summed E-state index contributed by atoms with van der Waals surface area (Å²) in [5.41, 5.74) is 7.90. The molecule has 0 saturated carbocycles. The minimum Gasteiger partial charge on any atom is -0.493 e. The number of hydrogen-bond donors (Lipinski definition) is 1. The van der Waals surface area contributed by atoms with Crippen LogP contribution in [0.25, 0.3) is 5.57 Å². The van der Waals surface area contributed by atoms with Gasteiger partial charge in [0.05, 0.1) is 37.8 Å². The smallest absolute Gasteiger partial charge is 0.334 e. The van der Waals surface area contributed by atoms with E-state index in [2.05, 4.69) is 9.98 Å². The maximum atomic E-state index is 15.4. The predicted octanol–water partition coefficient (Wildman–Crippen LogP) is 5.18. The number of pyridine rings is 1. The van der Waals surface area contributed by atoms with Crippen molar-refractivity contribution in [2.24, 2.45) is 10.7 Å². The number of benzene rings is 2. The Hall–Kier alpha value is -4.54. The van der Waals surface area contributed by atoms with Gasteiger partial charge in [-0.15, -0.1) is 0 Å². The number of amides is 2. The highest BCUT2D eigenvalue weighted by Crippen LogP contribution is 2.43. The Bertz CT molecular complexity index is 1390. The summed E-state index contributed by atoms with van der Waals surface area (Å²) in [6, 6.07) is 7.02. The number of anilines is 3. The van der Waals surface area contributed by atoms with E-state index in [1.165, 1.54) is 55.8 Å². The second-order valence-corrected chi connectivity index (χ2v) is 8.12. The first-order chi connectivity index (χ1) is 17.7. The third kappa shape index (κ3) is 4.55. The lowest BCUT2D eigenvalue weighted by Gasteiger charge is -2.37. The van der Waals surface area contributed by atoms with Gasteiger partial charge in [0.25, 0.3) is 0 Å². The third-order valence-electron chi connectivity index (χ3n) is 5.82. The zero-order valence-corrected chi connectivity index (χ0v) is 20.6. The molecule has 2 N–H and O–H groups in total. The van der Waals surface area contributed by atoms with E-state index in [4.69, 9.17) is 15.2 Å². The van der Waals surface area contributed by atoms with Gasteiger partial charge in [-0.3, -0.25) is 19.8 Å². The number of urea groups is 1. The van der Waals surface area contributed by atoms with Crippen LogP contribution in [0.4, 0.5) is 35.0 Å². The van der Waals surface area contributed by atoms with Gasteiger partial charge in [0.15, 0.2) is 23.1 Å². The molecule has 0 aliphatic carbocycles. The predicted molar refractivity (Wildman–Crippen MR) is 135 cm³/mol. The molecule has 0 spiro atoms. The quantitative estimate of drug-likeness (QED) is 0.460. The molecule has 8 nitrogen and oxygen atoms in total. The first kappa shape index (κ1) is 25.5. The molecule has 1 aliphatic rings. The van der Waals surface area contributed by atoms with Gasteiger partial charge in [0, 0.05) is 42.4 Å². The molecule has 3 aromatic rings. The van der Waals surface area contributed by atoms with Crippen LogP contribution in [-0.4, -0.2) is 38.5 Å². The van der Waals surface area contributed by atoms with Gasteiger partial charge in [0.2, 0.25) is 0 Å². The number of carbonyl (C=O) groups is 1. The number of allylic oxidation sites excluding steroid dienone is 2. The van der Waals surface area contributed by atoms with Gasteiger partial charge in [-0.05, 0) is 37.3 Å². The fourth-order valence-corrected chi connectivity index (χ4v) is 4.04. The fraction of sp³-hybridized carbons (Fsp3) is 0.192. The van der Waals surface area contributed by atoms with Crippen molar-refractivity contribution >= 4 is 34.9 Å². The number of aliphatic imine (C=N–C) groups is 1. The van der Waals surface area contributed by atoms with Crippen LogP contribution in [0.3, 0.4) is 0 Å². The molecule has 11 heteroatoms. The molecule has 1 aliphatic heterocycles. The number of fused-ring (bicyclic) bond motifs is 1. The van der Waals surface area contributed by atoms with Crippen molar-refractivity contribution in [3.63, 3.8) is 0 Å². The molecule has 4 rings (SSSR count). The highest BCUT2D eigenvalue weighted by atomic mass is 19.1. The summed E-state index contributed by atoms with van der Waals surface area (Å²) in [7, 11) is 4.01. The molecule has 0 radical (unpaired) electrons. The number of nitrogens with two attached hydrogens (primary N) is 1. The second kappa shape index (κ2) is 10.2. The summed E-state index contributed by atoms with van der Waals surface area (Å²) in [6.45, 7) is 1.47. The van der Waals surface area contributed by atoms with Gasteiger partial charge >= 0.3 is 6.03 Å². The highest BCUT2D eigenvalue weighted by molar-refractivity contribution is 6.13. The number of hydrogen-bond acceptors (Lipinski definition) is 6. The van der Waals surface area contributed by atoms with Gasteiger partial charge < -0.3 is 15.2 Å². The van der Waals surface area contributed by atoms with Crippen LogP contribution in [0.2, 0.25) is 0 Å². The Morgan fingerprint density at radius 1 is 1.08 bits per heavy atom. The van der Waals surface area contributed by atoms with Crippen molar-refractivity contribution < 1.29 is 27.4 Å². The molecule has 0 bridgehead atoms. The summed E-state index contributed by atoms with van der Waals surface area (Å²) in [4.78, 5) is 24.5. The summed E-state index contributed by atoms with van der Waals surface area (Å²) in [5.74, 6) is -3.28. The van der Waals surface area contributed by atoms with Gasteiger partial charge in [-0.1, -0.05) is 0 Å². The van der Waals surface area contributed by atoms with Crippen molar-refractivity contribution in [1.82, 2.24) is 4.98 Å². The summed E-state index contributed by atoms with van der Waals surface area (Å²) < 4.78 is 54.5. The SMILES string of the molecule is CN=CC(=C(C)N)c1cc2c(cn1)CN(c1c(F)c(OC)cc(OC)c1F)C(=O)N2c1ccc(F)cc1. The molecule has 2 aromatic carbocycles. The Morgan fingerprint density at radius 2 is 1.70 bits per heavy atom. The molecular formula is C26H24F3N5O3. The van der Waals surface area contributed by atoms with Gasteiger partial charge in [-0.25, -0.2) is 18.0 Å². The zero-order valence-electron chi connectivity index (χ0n) is 20.6. The number of nitrogens with zero attached hydrogens (tertiary/aromatic N) is 4. The maximum Gasteiger partial charge on any atom is 0.334 e. The van der Waals surface area contributed by atoms with Gasteiger partial charge in [0.1, 0.15) is 11.5 Å². The van der Waals surface area contributed by atoms with Crippen LogP contribution in [0.5, 0.6) is 11.5 Å². The van der Waals surface area contributed by atoms with Crippen LogP contribution >= 0.6 is 0 Å². The molecular weight excluding hydrogens is 487 g/mol. The molecule has 2 amide bonds. The van der Waals surface area contributed by atoms with E-state index in [0.717, 1.165) is 11.0 Å². The maximum absolute atomic E-state index is 15.4. The highest BCUT2D eigenvalue weighted by Gasteiger charge is 2.37. The van der Waals surface area contributed by atoms with E-state index in [-0.39, 0.29) is 23.7 Å². The lowest BCUT2D eigenvalue weighted by atomic mass is 10.0. The van der Waals surface area contributed by atoms with Crippen molar-refractivity contribution in [3.8, 4) is 11.5 Å². The minimum atomic E-state index is -1.08. The Kier molecular flexibility index (Phi) is 7.05. The van der Waals surface area contributed by atoms with Crippen molar-refractivity contribution in [2.75, 3.05) is 31.1 Å². The van der Waals surface area contributed by atoms with E-state index in [1.54, 1.807) is 20.0 Å². The molecule has 0 unspecified atom stereocenters. The zero-order chi connectivity index (χ0) is 26.9. The van der Waals surface area contributed by atoms with E-state index < -0.39 is 29.2 Å². The Labute approximate surface area is 211 Å². The fourth-order valence-electron chi connectivity index (χ4n) is 4.04. The summed E-state index contributed by atoms with van der Waals surface area (Å²) >= 11 is 0. The number of ether oxygens (including phenoxy) is 2. The van der Waals surface area contributed by atoms with Crippen LogP contribution < -0.4 is 25.0 Å². The normalized spacial score (nSPS) is 14.1. The second-order valence-electron chi connectivity index (χ2n) is 8.12. The molecule has 2 heterocycles. The lowest BCUT2D eigenvalue weighted by molar-refractivity contribution is 0.251. The summed E-state index contributed by atoms with van der Waals surface area (Å²) in [6.07, 6.45) is 3.02. The van der Waals surface area contributed by atoms with E-state index >= 15 is 8.78 Å². The van der Waals surface area contributed by atoms with Crippen molar-refractivity contribution in [2.45, 2.75) is 13.5 Å². The number of halogens is 3. The molecule has 37 heavy (non-hydrogen) atoms. The summed E-state index contributed by atoms with van der Waals surface area (Å²) in [5, 5.41) is 0. The Balaban J connectivity index is 1.96. The first-order valence-electron chi connectivity index (χ1n) is 11.1.